The topological polar surface area (TPSA) is 89.6 Å². The van der Waals surface area contributed by atoms with Gasteiger partial charge in [0.15, 0.2) is 15.6 Å². The molecule has 0 radical (unpaired) electrons. The average Bonchev–Trinajstić information content (AvgIpc) is 2.27. The van der Waals surface area contributed by atoms with Crippen molar-refractivity contribution in [3.8, 4) is 5.75 Å². The molecule has 0 fully saturated rings. The summed E-state index contributed by atoms with van der Waals surface area (Å²) in [6, 6.07) is 4.58. The zero-order valence-electron chi connectivity index (χ0n) is 9.72. The Balaban J connectivity index is 3.19. The quantitative estimate of drug-likeness (QED) is 0.738. The van der Waals surface area contributed by atoms with E-state index in [0.717, 1.165) is 6.42 Å². The Hall–Kier alpha value is -1.27. The number of benzene rings is 1. The van der Waals surface area contributed by atoms with Crippen LogP contribution in [0, 0.1) is 0 Å². The van der Waals surface area contributed by atoms with Gasteiger partial charge in [0.1, 0.15) is 4.90 Å². The molecule has 96 valence electrons. The lowest BCUT2D eigenvalue weighted by Crippen LogP contribution is -2.13. The van der Waals surface area contributed by atoms with Gasteiger partial charge in [-0.1, -0.05) is 13.0 Å². The fourth-order valence-corrected chi connectivity index (χ4v) is 2.57. The standard InChI is InChI=1S/C11H17NO4S/c1-2-7-16-11-9(12)4-3-5-10(11)17(14,15)8-6-13/h3-5,13H,2,6-8,12H2,1H3. The van der Waals surface area contributed by atoms with Crippen molar-refractivity contribution in [2.75, 3.05) is 24.7 Å². The summed E-state index contributed by atoms with van der Waals surface area (Å²) in [5, 5.41) is 8.75. The van der Waals surface area contributed by atoms with E-state index >= 15 is 0 Å². The maximum atomic E-state index is 11.9. The lowest BCUT2D eigenvalue weighted by Gasteiger charge is -2.13. The van der Waals surface area contributed by atoms with Gasteiger partial charge in [0.05, 0.1) is 24.7 Å². The van der Waals surface area contributed by atoms with Crippen LogP contribution in [0.3, 0.4) is 0 Å². The van der Waals surface area contributed by atoms with Gasteiger partial charge < -0.3 is 15.6 Å². The van der Waals surface area contributed by atoms with E-state index in [0.29, 0.717) is 6.61 Å². The van der Waals surface area contributed by atoms with E-state index in [1.165, 1.54) is 6.07 Å². The monoisotopic (exact) mass is 259 g/mol. The third-order valence-electron chi connectivity index (χ3n) is 2.15. The summed E-state index contributed by atoms with van der Waals surface area (Å²) in [6.45, 7) is 1.89. The number of ether oxygens (including phenoxy) is 1. The predicted molar refractivity (Wildman–Crippen MR) is 65.8 cm³/mol. The van der Waals surface area contributed by atoms with Crippen LogP contribution < -0.4 is 10.5 Å². The molecule has 6 heteroatoms. The number of para-hydroxylation sites is 1. The number of sulfone groups is 1. The van der Waals surface area contributed by atoms with Gasteiger partial charge in [-0.3, -0.25) is 0 Å². The van der Waals surface area contributed by atoms with Crippen molar-refractivity contribution in [3.05, 3.63) is 18.2 Å². The maximum absolute atomic E-state index is 11.9. The molecular formula is C11H17NO4S. The second-order valence-corrected chi connectivity index (χ2v) is 5.64. The number of hydrogen-bond acceptors (Lipinski definition) is 5. The van der Waals surface area contributed by atoms with Crippen molar-refractivity contribution in [3.63, 3.8) is 0 Å². The van der Waals surface area contributed by atoms with Crippen molar-refractivity contribution < 1.29 is 18.3 Å². The SMILES string of the molecule is CCCOc1c(N)cccc1S(=O)(=O)CCO. The van der Waals surface area contributed by atoms with E-state index in [4.69, 9.17) is 15.6 Å². The first-order valence-corrected chi connectivity index (χ1v) is 7.03. The van der Waals surface area contributed by atoms with Crippen LogP contribution in [0.1, 0.15) is 13.3 Å². The Morgan fingerprint density at radius 3 is 2.71 bits per heavy atom. The Morgan fingerprint density at radius 2 is 2.12 bits per heavy atom. The molecule has 0 unspecified atom stereocenters. The Kier molecular flexibility index (Phi) is 4.77. The molecule has 0 aliphatic rings. The molecular weight excluding hydrogens is 242 g/mol. The number of nitrogen functional groups attached to an aromatic ring is 1. The maximum Gasteiger partial charge on any atom is 0.184 e. The molecule has 1 rings (SSSR count). The first-order valence-electron chi connectivity index (χ1n) is 5.37. The summed E-state index contributed by atoms with van der Waals surface area (Å²) in [4.78, 5) is 0.0417. The number of hydrogen-bond donors (Lipinski definition) is 2. The minimum absolute atomic E-state index is 0.0417. The summed E-state index contributed by atoms with van der Waals surface area (Å²) in [6.07, 6.45) is 0.758. The van der Waals surface area contributed by atoms with Crippen LogP contribution in [0.4, 0.5) is 5.69 Å². The van der Waals surface area contributed by atoms with Crippen molar-refractivity contribution in [2.45, 2.75) is 18.2 Å². The van der Waals surface area contributed by atoms with Crippen LogP contribution in [0.2, 0.25) is 0 Å². The molecule has 0 bridgehead atoms. The fourth-order valence-electron chi connectivity index (χ4n) is 1.37. The van der Waals surface area contributed by atoms with Gasteiger partial charge in [0, 0.05) is 0 Å². The smallest absolute Gasteiger partial charge is 0.184 e. The molecule has 5 nitrogen and oxygen atoms in total. The molecule has 3 N–H and O–H groups in total. The van der Waals surface area contributed by atoms with Gasteiger partial charge in [-0.05, 0) is 18.6 Å². The zero-order chi connectivity index (χ0) is 12.9. The lowest BCUT2D eigenvalue weighted by molar-refractivity contribution is 0.309. The van der Waals surface area contributed by atoms with Gasteiger partial charge in [-0.25, -0.2) is 8.42 Å². The summed E-state index contributed by atoms with van der Waals surface area (Å²) in [5.41, 5.74) is 5.99. The van der Waals surface area contributed by atoms with Crippen LogP contribution in [0.15, 0.2) is 23.1 Å². The first kappa shape index (κ1) is 13.8. The molecule has 17 heavy (non-hydrogen) atoms. The summed E-state index contributed by atoms with van der Waals surface area (Å²) in [7, 11) is -3.55. The highest BCUT2D eigenvalue weighted by atomic mass is 32.2. The van der Waals surface area contributed by atoms with Crippen molar-refractivity contribution in [1.29, 1.82) is 0 Å². The first-order chi connectivity index (χ1) is 8.03. The number of aliphatic hydroxyl groups is 1. The van der Waals surface area contributed by atoms with E-state index in [1.807, 2.05) is 6.92 Å². The fraction of sp³-hybridized carbons (Fsp3) is 0.455. The number of aliphatic hydroxyl groups excluding tert-OH is 1. The highest BCUT2D eigenvalue weighted by Gasteiger charge is 2.20. The molecule has 1 aromatic rings. The molecule has 0 aromatic heterocycles. The molecule has 0 aliphatic heterocycles. The molecule has 0 spiro atoms. The van der Waals surface area contributed by atoms with Crippen LogP contribution >= 0.6 is 0 Å². The van der Waals surface area contributed by atoms with Gasteiger partial charge in [-0.2, -0.15) is 0 Å². The number of anilines is 1. The Labute approximate surface area is 101 Å². The number of nitrogens with two attached hydrogens (primary N) is 1. The normalized spacial score (nSPS) is 11.4. The molecule has 0 amide bonds. The molecule has 0 aliphatic carbocycles. The average molecular weight is 259 g/mol. The van der Waals surface area contributed by atoms with Crippen molar-refractivity contribution >= 4 is 15.5 Å². The minimum Gasteiger partial charge on any atom is -0.490 e. The third-order valence-corrected chi connectivity index (χ3v) is 3.87. The van der Waals surface area contributed by atoms with Crippen LogP contribution in [0.5, 0.6) is 5.75 Å². The van der Waals surface area contributed by atoms with Gasteiger partial charge in [0.2, 0.25) is 0 Å². The van der Waals surface area contributed by atoms with Crippen molar-refractivity contribution in [1.82, 2.24) is 0 Å². The molecule has 0 atom stereocenters. The van der Waals surface area contributed by atoms with E-state index in [2.05, 4.69) is 0 Å². The second-order valence-electron chi connectivity index (χ2n) is 3.57. The Morgan fingerprint density at radius 1 is 1.41 bits per heavy atom. The number of rotatable bonds is 6. The second kappa shape index (κ2) is 5.88. The van der Waals surface area contributed by atoms with E-state index < -0.39 is 16.4 Å². The van der Waals surface area contributed by atoms with Gasteiger partial charge in [-0.15, -0.1) is 0 Å². The third kappa shape index (κ3) is 3.34. The largest absolute Gasteiger partial charge is 0.490 e. The summed E-state index contributed by atoms with van der Waals surface area (Å²) in [5.74, 6) is -0.151. The lowest BCUT2D eigenvalue weighted by atomic mass is 10.3. The van der Waals surface area contributed by atoms with Crippen molar-refractivity contribution in [2.24, 2.45) is 0 Å². The van der Waals surface area contributed by atoms with Crippen LogP contribution in [-0.2, 0) is 9.84 Å². The van der Waals surface area contributed by atoms with E-state index in [9.17, 15) is 8.42 Å². The Bertz CT molecular complexity index is 470. The summed E-state index contributed by atoms with van der Waals surface area (Å²) >= 11 is 0. The van der Waals surface area contributed by atoms with Crippen LogP contribution in [-0.4, -0.2) is 32.5 Å². The molecule has 1 aromatic carbocycles. The van der Waals surface area contributed by atoms with Gasteiger partial charge >= 0.3 is 0 Å². The highest BCUT2D eigenvalue weighted by Crippen LogP contribution is 2.31. The molecule has 0 saturated carbocycles. The van der Waals surface area contributed by atoms with E-state index in [1.54, 1.807) is 12.1 Å². The van der Waals surface area contributed by atoms with Crippen LogP contribution in [0.25, 0.3) is 0 Å². The highest BCUT2D eigenvalue weighted by molar-refractivity contribution is 7.91. The molecule has 0 heterocycles. The van der Waals surface area contributed by atoms with E-state index in [-0.39, 0.29) is 22.1 Å². The predicted octanol–water partition coefficient (Wildman–Crippen LogP) is 0.824. The van der Waals surface area contributed by atoms with Gasteiger partial charge in [0.25, 0.3) is 0 Å². The minimum atomic E-state index is -3.55. The zero-order valence-corrected chi connectivity index (χ0v) is 10.5. The summed E-state index contributed by atoms with van der Waals surface area (Å²) < 4.78 is 29.1. The molecule has 0 saturated heterocycles.